The van der Waals surface area contributed by atoms with Crippen LogP contribution in [0.3, 0.4) is 0 Å². The molecular formula is C15H17N2O4-. The molecule has 1 aliphatic rings. The number of amides is 2. The number of carbonyl (C=O) groups is 3. The van der Waals surface area contributed by atoms with E-state index in [1.807, 2.05) is 0 Å². The molecule has 6 heteroatoms. The third-order valence-corrected chi connectivity index (χ3v) is 3.84. The van der Waals surface area contributed by atoms with Crippen molar-refractivity contribution < 1.29 is 19.5 Å². The molecule has 0 bridgehead atoms. The molecule has 2 amide bonds. The Balaban J connectivity index is 2.05. The number of anilines is 1. The summed E-state index contributed by atoms with van der Waals surface area (Å²) in [5.41, 5.74) is 5.99. The van der Waals surface area contributed by atoms with Gasteiger partial charge in [-0.2, -0.15) is 0 Å². The lowest BCUT2D eigenvalue weighted by Gasteiger charge is -2.31. The van der Waals surface area contributed by atoms with Gasteiger partial charge in [0.1, 0.15) is 0 Å². The van der Waals surface area contributed by atoms with E-state index in [2.05, 4.69) is 5.32 Å². The van der Waals surface area contributed by atoms with Gasteiger partial charge in [0.05, 0.1) is 0 Å². The number of carbonyl (C=O) groups excluding carboxylic acids is 3. The Kier molecular flexibility index (Phi) is 4.57. The zero-order valence-corrected chi connectivity index (χ0v) is 11.5. The lowest BCUT2D eigenvalue weighted by Crippen LogP contribution is -2.42. The first-order valence-corrected chi connectivity index (χ1v) is 6.90. The number of hydrogen-bond donors (Lipinski definition) is 2. The lowest BCUT2D eigenvalue weighted by molar-refractivity contribution is -0.313. The molecule has 0 radical (unpaired) electrons. The van der Waals surface area contributed by atoms with Crippen LogP contribution in [0.15, 0.2) is 24.3 Å². The lowest BCUT2D eigenvalue weighted by atomic mass is 9.78. The normalized spacial score (nSPS) is 21.5. The standard InChI is InChI=1S/C15H18N2O4/c16-13(18)9-5-7-10(8-6-9)17-14(19)11-3-1-2-4-12(11)15(20)21/h5-8,11-12H,1-4H2,(H2,16,18)(H,17,19)(H,20,21)/p-1/t11-,12-/m1/s1. The monoisotopic (exact) mass is 289 g/mol. The van der Waals surface area contributed by atoms with Gasteiger partial charge in [0.2, 0.25) is 11.8 Å². The summed E-state index contributed by atoms with van der Waals surface area (Å²) < 4.78 is 0. The van der Waals surface area contributed by atoms with Crippen LogP contribution in [0.1, 0.15) is 36.0 Å². The molecule has 3 N–H and O–H groups in total. The van der Waals surface area contributed by atoms with Crippen molar-refractivity contribution in [2.75, 3.05) is 5.32 Å². The van der Waals surface area contributed by atoms with Gasteiger partial charge in [0.15, 0.2) is 0 Å². The summed E-state index contributed by atoms with van der Waals surface area (Å²) in [6.07, 6.45) is 2.66. The van der Waals surface area contributed by atoms with E-state index in [9.17, 15) is 19.5 Å². The summed E-state index contributed by atoms with van der Waals surface area (Å²) >= 11 is 0. The zero-order valence-electron chi connectivity index (χ0n) is 11.5. The van der Waals surface area contributed by atoms with Gasteiger partial charge in [0.25, 0.3) is 0 Å². The molecule has 0 heterocycles. The fraction of sp³-hybridized carbons (Fsp3) is 0.400. The average molecular weight is 289 g/mol. The Labute approximate surface area is 122 Å². The molecule has 112 valence electrons. The number of carboxylic acids is 1. The summed E-state index contributed by atoms with van der Waals surface area (Å²) in [4.78, 5) is 34.3. The van der Waals surface area contributed by atoms with Crippen LogP contribution in [0.4, 0.5) is 5.69 Å². The van der Waals surface area contributed by atoms with Crippen molar-refractivity contribution in [2.45, 2.75) is 25.7 Å². The van der Waals surface area contributed by atoms with E-state index >= 15 is 0 Å². The van der Waals surface area contributed by atoms with Gasteiger partial charge in [0, 0.05) is 29.1 Å². The highest BCUT2D eigenvalue weighted by Crippen LogP contribution is 2.30. The predicted molar refractivity (Wildman–Crippen MR) is 74.0 cm³/mol. The Morgan fingerprint density at radius 3 is 2.14 bits per heavy atom. The van der Waals surface area contributed by atoms with E-state index in [0.29, 0.717) is 24.1 Å². The van der Waals surface area contributed by atoms with Crippen molar-refractivity contribution in [1.82, 2.24) is 0 Å². The number of primary amides is 1. The van der Waals surface area contributed by atoms with Gasteiger partial charge >= 0.3 is 0 Å². The molecule has 2 atom stereocenters. The minimum absolute atomic E-state index is 0.323. The maximum absolute atomic E-state index is 12.2. The Hall–Kier alpha value is -2.37. The van der Waals surface area contributed by atoms with Crippen LogP contribution >= 0.6 is 0 Å². The van der Waals surface area contributed by atoms with Gasteiger partial charge in [-0.15, -0.1) is 0 Å². The van der Waals surface area contributed by atoms with Crippen molar-refractivity contribution in [3.05, 3.63) is 29.8 Å². The number of benzene rings is 1. The number of rotatable bonds is 4. The molecule has 0 aromatic heterocycles. The molecule has 0 unspecified atom stereocenters. The third kappa shape index (κ3) is 3.59. The Morgan fingerprint density at radius 2 is 1.62 bits per heavy atom. The molecule has 0 aliphatic heterocycles. The quantitative estimate of drug-likeness (QED) is 0.828. The van der Waals surface area contributed by atoms with E-state index in [4.69, 9.17) is 5.73 Å². The van der Waals surface area contributed by atoms with E-state index < -0.39 is 23.7 Å². The van der Waals surface area contributed by atoms with E-state index in [-0.39, 0.29) is 5.91 Å². The van der Waals surface area contributed by atoms with Crippen LogP contribution in [0.5, 0.6) is 0 Å². The Bertz CT molecular complexity index is 553. The van der Waals surface area contributed by atoms with Crippen LogP contribution in [0.25, 0.3) is 0 Å². The highest BCUT2D eigenvalue weighted by atomic mass is 16.4. The summed E-state index contributed by atoms with van der Waals surface area (Å²) in [5, 5.41) is 13.8. The van der Waals surface area contributed by atoms with Crippen LogP contribution in [0.2, 0.25) is 0 Å². The van der Waals surface area contributed by atoms with Crippen LogP contribution in [-0.2, 0) is 9.59 Å². The first-order valence-electron chi connectivity index (χ1n) is 6.90. The number of hydrogen-bond acceptors (Lipinski definition) is 4. The van der Waals surface area contributed by atoms with Crippen molar-refractivity contribution in [2.24, 2.45) is 17.6 Å². The van der Waals surface area contributed by atoms with Crippen LogP contribution in [-0.4, -0.2) is 17.8 Å². The van der Waals surface area contributed by atoms with E-state index in [1.54, 1.807) is 12.1 Å². The van der Waals surface area contributed by atoms with Gasteiger partial charge in [-0.1, -0.05) is 12.8 Å². The van der Waals surface area contributed by atoms with Crippen LogP contribution in [0, 0.1) is 11.8 Å². The van der Waals surface area contributed by atoms with Crippen molar-refractivity contribution in [1.29, 1.82) is 0 Å². The molecule has 2 rings (SSSR count). The largest absolute Gasteiger partial charge is 0.550 e. The van der Waals surface area contributed by atoms with Gasteiger partial charge in [-0.25, -0.2) is 0 Å². The third-order valence-electron chi connectivity index (χ3n) is 3.84. The highest BCUT2D eigenvalue weighted by molar-refractivity contribution is 5.96. The predicted octanol–water partition coefficient (Wildman–Crippen LogP) is 0.280. The second-order valence-corrected chi connectivity index (χ2v) is 5.25. The molecule has 1 saturated carbocycles. The average Bonchev–Trinajstić information content (AvgIpc) is 2.47. The van der Waals surface area contributed by atoms with Crippen molar-refractivity contribution in [3.63, 3.8) is 0 Å². The fourth-order valence-electron chi connectivity index (χ4n) is 2.68. The van der Waals surface area contributed by atoms with Gasteiger partial charge in [-0.05, 0) is 37.1 Å². The fourth-order valence-corrected chi connectivity index (χ4v) is 2.68. The summed E-state index contributed by atoms with van der Waals surface area (Å²) in [7, 11) is 0. The van der Waals surface area contributed by atoms with Gasteiger partial charge in [-0.3, -0.25) is 9.59 Å². The Morgan fingerprint density at radius 1 is 1.05 bits per heavy atom. The summed E-state index contributed by atoms with van der Waals surface area (Å²) in [6.45, 7) is 0. The van der Waals surface area contributed by atoms with E-state index in [0.717, 1.165) is 12.8 Å². The second kappa shape index (κ2) is 6.39. The first-order chi connectivity index (χ1) is 9.99. The van der Waals surface area contributed by atoms with E-state index in [1.165, 1.54) is 12.1 Å². The molecule has 1 aliphatic carbocycles. The molecular weight excluding hydrogens is 272 g/mol. The highest BCUT2D eigenvalue weighted by Gasteiger charge is 2.31. The molecule has 21 heavy (non-hydrogen) atoms. The minimum Gasteiger partial charge on any atom is -0.550 e. The molecule has 0 saturated heterocycles. The molecule has 0 spiro atoms. The second-order valence-electron chi connectivity index (χ2n) is 5.25. The minimum atomic E-state index is -1.17. The van der Waals surface area contributed by atoms with Crippen LogP contribution < -0.4 is 16.2 Å². The molecule has 1 fully saturated rings. The number of nitrogens with one attached hydrogen (secondary N) is 1. The van der Waals surface area contributed by atoms with Gasteiger partial charge < -0.3 is 21.0 Å². The zero-order chi connectivity index (χ0) is 15.4. The summed E-state index contributed by atoms with van der Waals surface area (Å²) in [6, 6.07) is 6.15. The molecule has 6 nitrogen and oxygen atoms in total. The maximum Gasteiger partial charge on any atom is 0.248 e. The maximum atomic E-state index is 12.2. The molecule has 1 aromatic rings. The topological polar surface area (TPSA) is 112 Å². The number of aliphatic carboxylic acids is 1. The van der Waals surface area contributed by atoms with Crippen molar-refractivity contribution in [3.8, 4) is 0 Å². The molecule has 1 aromatic carbocycles. The number of carboxylic acid groups (broad SMARTS) is 1. The smallest absolute Gasteiger partial charge is 0.248 e. The number of nitrogens with two attached hydrogens (primary N) is 1. The first kappa shape index (κ1) is 15.0. The SMILES string of the molecule is NC(=O)c1ccc(NC(=O)[C@@H]2CCCC[C@H]2C(=O)[O-])cc1. The summed E-state index contributed by atoms with van der Waals surface area (Å²) in [5.74, 6) is -3.34. The van der Waals surface area contributed by atoms with Crippen molar-refractivity contribution >= 4 is 23.5 Å².